The fourth-order valence-corrected chi connectivity index (χ4v) is 6.52. The molecular formula is C28H35FN2O2. The van der Waals surface area contributed by atoms with Gasteiger partial charge >= 0.3 is 0 Å². The van der Waals surface area contributed by atoms with Gasteiger partial charge in [-0.25, -0.2) is 4.39 Å². The first-order valence-electron chi connectivity index (χ1n) is 12.5. The molecule has 3 atom stereocenters. The molecule has 1 saturated carbocycles. The van der Waals surface area contributed by atoms with Gasteiger partial charge in [0.05, 0.1) is 6.10 Å². The van der Waals surface area contributed by atoms with Gasteiger partial charge in [0.25, 0.3) is 5.91 Å². The van der Waals surface area contributed by atoms with Gasteiger partial charge in [-0.1, -0.05) is 30.3 Å². The Morgan fingerprint density at radius 1 is 0.939 bits per heavy atom. The van der Waals surface area contributed by atoms with Crippen LogP contribution in [0.3, 0.4) is 0 Å². The highest BCUT2D eigenvalue weighted by atomic mass is 18.2. The first kappa shape index (κ1) is 22.5. The molecule has 2 saturated heterocycles. The number of aliphatic hydroxyl groups is 1. The Labute approximate surface area is 196 Å². The summed E-state index contributed by atoms with van der Waals surface area (Å²) in [6, 6.07) is 16.9. The van der Waals surface area contributed by atoms with Crippen molar-refractivity contribution in [2.24, 2.45) is 5.41 Å². The van der Waals surface area contributed by atoms with E-state index in [1.807, 2.05) is 4.90 Å². The van der Waals surface area contributed by atoms with Crippen molar-refractivity contribution >= 4 is 5.91 Å². The van der Waals surface area contributed by atoms with Gasteiger partial charge < -0.3 is 10.0 Å². The van der Waals surface area contributed by atoms with Gasteiger partial charge in [-0.3, -0.25) is 9.69 Å². The number of benzene rings is 2. The predicted molar refractivity (Wildman–Crippen MR) is 128 cm³/mol. The lowest BCUT2D eigenvalue weighted by atomic mass is 9.66. The van der Waals surface area contributed by atoms with Crippen molar-refractivity contribution in [3.63, 3.8) is 0 Å². The van der Waals surface area contributed by atoms with E-state index >= 15 is 0 Å². The highest BCUT2D eigenvalue weighted by Crippen LogP contribution is 2.45. The molecule has 3 fully saturated rings. The van der Waals surface area contributed by atoms with Crippen LogP contribution in [-0.4, -0.2) is 59.1 Å². The topological polar surface area (TPSA) is 43.8 Å². The third-order valence-electron chi connectivity index (χ3n) is 8.37. The highest BCUT2D eigenvalue weighted by Gasteiger charge is 2.46. The molecule has 5 rings (SSSR count). The lowest BCUT2D eigenvalue weighted by molar-refractivity contribution is -0.0546. The summed E-state index contributed by atoms with van der Waals surface area (Å²) < 4.78 is 13.3. The van der Waals surface area contributed by atoms with Crippen molar-refractivity contribution in [1.82, 2.24) is 9.80 Å². The summed E-state index contributed by atoms with van der Waals surface area (Å²) in [5, 5.41) is 10.9. The molecule has 1 amide bonds. The molecule has 2 aromatic carbocycles. The first-order chi connectivity index (χ1) is 16.0. The average molecular weight is 450 g/mol. The van der Waals surface area contributed by atoms with Crippen molar-refractivity contribution in [1.29, 1.82) is 0 Å². The fourth-order valence-electron chi connectivity index (χ4n) is 6.52. The number of carbonyl (C=O) groups is 1. The maximum absolute atomic E-state index is 13.3. The van der Waals surface area contributed by atoms with E-state index in [0.29, 0.717) is 11.5 Å². The molecule has 3 aliphatic rings. The Hall–Kier alpha value is -2.24. The third-order valence-corrected chi connectivity index (χ3v) is 8.37. The number of hydrogen-bond donors (Lipinski definition) is 1. The SMILES string of the molecule is O=C(c1ccc([18F])cc1)N1CCC[C@@]2(CC[C@H](O)[C@@H](N3CCC(c4ccccc4)CC3)C2)C1. The minimum absolute atomic E-state index is 0.000391. The Morgan fingerprint density at radius 3 is 2.39 bits per heavy atom. The Morgan fingerprint density at radius 2 is 1.67 bits per heavy atom. The van der Waals surface area contributed by atoms with E-state index in [2.05, 4.69) is 35.2 Å². The van der Waals surface area contributed by atoms with Gasteiger partial charge in [0.1, 0.15) is 5.82 Å². The Kier molecular flexibility index (Phi) is 6.53. The normalized spacial score (nSPS) is 29.3. The summed E-state index contributed by atoms with van der Waals surface area (Å²) >= 11 is 0. The van der Waals surface area contributed by atoms with Crippen LogP contribution in [0.5, 0.6) is 0 Å². The summed E-state index contributed by atoms with van der Waals surface area (Å²) in [6.45, 7) is 3.55. The highest BCUT2D eigenvalue weighted by molar-refractivity contribution is 5.94. The number of rotatable bonds is 3. The number of carbonyl (C=O) groups excluding carboxylic acids is 1. The first-order valence-corrected chi connectivity index (χ1v) is 12.5. The van der Waals surface area contributed by atoms with Gasteiger partial charge in [-0.15, -0.1) is 0 Å². The molecule has 1 spiro atoms. The summed E-state index contributed by atoms with van der Waals surface area (Å²) in [4.78, 5) is 17.6. The Bertz CT molecular complexity index is 942. The van der Waals surface area contributed by atoms with Gasteiger partial charge in [-0.2, -0.15) is 0 Å². The van der Waals surface area contributed by atoms with Crippen LogP contribution in [0.2, 0.25) is 0 Å². The monoisotopic (exact) mass is 449 g/mol. The van der Waals surface area contributed by atoms with E-state index in [1.165, 1.54) is 17.7 Å². The zero-order valence-corrected chi connectivity index (χ0v) is 19.3. The van der Waals surface area contributed by atoms with Crippen LogP contribution < -0.4 is 0 Å². The number of aliphatic hydroxyl groups excluding tert-OH is 1. The van der Waals surface area contributed by atoms with Crippen LogP contribution in [0.4, 0.5) is 4.39 Å². The van der Waals surface area contributed by atoms with Gasteiger partial charge in [0.2, 0.25) is 0 Å². The number of hydrogen-bond acceptors (Lipinski definition) is 3. The standard InChI is InChI=1S/C28H35FN2O2/c29-24-9-7-23(8-10-24)27(33)31-16-4-14-28(20-31)15-11-26(32)25(19-28)30-17-12-22(13-18-30)21-5-2-1-3-6-21/h1-3,5-10,22,25-26,32H,4,11-20H2/t25-,26-,28-/m0/s1/i29-1. The zero-order chi connectivity index (χ0) is 22.8. The minimum atomic E-state index is -0.318. The molecule has 2 heterocycles. The van der Waals surface area contributed by atoms with Crippen LogP contribution in [0.15, 0.2) is 54.6 Å². The summed E-state index contributed by atoms with van der Waals surface area (Å²) in [5.74, 6) is 0.290. The van der Waals surface area contributed by atoms with Crippen molar-refractivity contribution in [3.8, 4) is 0 Å². The van der Waals surface area contributed by atoms with E-state index in [4.69, 9.17) is 0 Å². The molecule has 33 heavy (non-hydrogen) atoms. The number of piperidine rings is 2. The second-order valence-corrected chi connectivity index (χ2v) is 10.4. The Balaban J connectivity index is 1.24. The van der Waals surface area contributed by atoms with E-state index in [1.54, 1.807) is 12.1 Å². The smallest absolute Gasteiger partial charge is 0.253 e. The fraction of sp³-hybridized carbons (Fsp3) is 0.536. The van der Waals surface area contributed by atoms with Crippen molar-refractivity contribution in [2.75, 3.05) is 26.2 Å². The molecule has 0 bridgehead atoms. The molecule has 0 radical (unpaired) electrons. The largest absolute Gasteiger partial charge is 0.391 e. The molecule has 0 unspecified atom stereocenters. The maximum Gasteiger partial charge on any atom is 0.253 e. The second-order valence-electron chi connectivity index (χ2n) is 10.4. The molecule has 4 nitrogen and oxygen atoms in total. The van der Waals surface area contributed by atoms with Gasteiger partial charge in [0.15, 0.2) is 0 Å². The van der Waals surface area contributed by atoms with E-state index < -0.39 is 0 Å². The van der Waals surface area contributed by atoms with E-state index in [9.17, 15) is 14.3 Å². The number of amides is 1. The van der Waals surface area contributed by atoms with E-state index in [-0.39, 0.29) is 29.3 Å². The van der Waals surface area contributed by atoms with Crippen LogP contribution in [0.25, 0.3) is 0 Å². The van der Waals surface area contributed by atoms with Crippen molar-refractivity contribution in [3.05, 3.63) is 71.5 Å². The lowest BCUT2D eigenvalue weighted by Crippen LogP contribution is -2.56. The minimum Gasteiger partial charge on any atom is -0.391 e. The van der Waals surface area contributed by atoms with Crippen LogP contribution in [0, 0.1) is 11.2 Å². The summed E-state index contributed by atoms with van der Waals surface area (Å²) in [5.41, 5.74) is 2.07. The number of halogens is 1. The van der Waals surface area contributed by atoms with Crippen LogP contribution in [0.1, 0.15) is 66.8 Å². The van der Waals surface area contributed by atoms with Crippen LogP contribution in [-0.2, 0) is 0 Å². The molecule has 176 valence electrons. The maximum atomic E-state index is 13.3. The molecule has 5 heteroatoms. The molecular weight excluding hydrogens is 414 g/mol. The molecule has 1 aliphatic carbocycles. The third kappa shape index (κ3) is 4.85. The average Bonchev–Trinajstić information content (AvgIpc) is 2.86. The molecule has 2 aromatic rings. The van der Waals surface area contributed by atoms with E-state index in [0.717, 1.165) is 71.1 Å². The molecule has 0 aromatic heterocycles. The molecule has 2 aliphatic heterocycles. The number of nitrogens with zero attached hydrogens (tertiary/aromatic N) is 2. The summed E-state index contributed by atoms with van der Waals surface area (Å²) in [6.07, 6.45) is 6.82. The van der Waals surface area contributed by atoms with Gasteiger partial charge in [0, 0.05) is 24.7 Å². The predicted octanol–water partition coefficient (Wildman–Crippen LogP) is 4.84. The summed E-state index contributed by atoms with van der Waals surface area (Å²) in [7, 11) is 0. The van der Waals surface area contributed by atoms with Gasteiger partial charge in [-0.05, 0) is 99.2 Å². The second kappa shape index (κ2) is 9.55. The van der Waals surface area contributed by atoms with Crippen LogP contribution >= 0.6 is 0 Å². The number of likely N-dealkylation sites (tertiary alicyclic amines) is 2. The molecule has 1 N–H and O–H groups in total. The van der Waals surface area contributed by atoms with Crippen molar-refractivity contribution in [2.45, 2.75) is 63.0 Å². The van der Waals surface area contributed by atoms with Crippen molar-refractivity contribution < 1.29 is 14.3 Å². The zero-order valence-electron chi connectivity index (χ0n) is 19.3. The quantitative estimate of drug-likeness (QED) is 0.729. The lowest BCUT2D eigenvalue weighted by Gasteiger charge is -2.52.